The molecule has 1 fully saturated rings. The molecule has 0 radical (unpaired) electrons. The predicted octanol–water partition coefficient (Wildman–Crippen LogP) is 0.0900. The second-order valence-electron chi connectivity index (χ2n) is 4.20. The molecule has 6 nitrogen and oxygen atoms in total. The minimum Gasteiger partial charge on any atom is -0.376 e. The Kier molecular flexibility index (Phi) is 6.48. The van der Waals surface area contributed by atoms with Crippen LogP contribution in [0.3, 0.4) is 0 Å². The fraction of sp³-hybridized carbons (Fsp3) is 1.00. The molecule has 0 aromatic carbocycles. The molecule has 6 heteroatoms. The molecule has 0 bridgehead atoms. The van der Waals surface area contributed by atoms with Gasteiger partial charge in [0.25, 0.3) is 0 Å². The van der Waals surface area contributed by atoms with Crippen LogP contribution >= 0.6 is 0 Å². The summed E-state index contributed by atoms with van der Waals surface area (Å²) in [6.45, 7) is 0. The highest BCUT2D eigenvalue weighted by Crippen LogP contribution is 2.31. The maximum atomic E-state index is 5.49. The summed E-state index contributed by atoms with van der Waals surface area (Å²) < 4.78 is 32.9. The summed E-state index contributed by atoms with van der Waals surface area (Å²) in [7, 11) is 9.72. The van der Waals surface area contributed by atoms with Crippen LogP contribution in [0.25, 0.3) is 0 Å². The van der Waals surface area contributed by atoms with E-state index in [2.05, 4.69) is 0 Å². The van der Waals surface area contributed by atoms with Crippen molar-refractivity contribution in [1.29, 1.82) is 0 Å². The second-order valence-corrected chi connectivity index (χ2v) is 4.20. The zero-order chi connectivity index (χ0) is 13.7. The maximum Gasteiger partial charge on any atom is 0.115 e. The zero-order valence-electron chi connectivity index (χ0n) is 11.9. The summed E-state index contributed by atoms with van der Waals surface area (Å²) in [5, 5.41) is 0. The van der Waals surface area contributed by atoms with Gasteiger partial charge in [0.15, 0.2) is 0 Å². The lowest BCUT2D eigenvalue weighted by Crippen LogP contribution is -2.66. The Balaban J connectivity index is 3.06. The molecule has 0 unspecified atom stereocenters. The molecule has 0 amide bonds. The summed E-state index contributed by atoms with van der Waals surface area (Å²) in [6, 6.07) is 0. The largest absolute Gasteiger partial charge is 0.376 e. The molecule has 18 heavy (non-hydrogen) atoms. The summed E-state index contributed by atoms with van der Waals surface area (Å²) in [5.41, 5.74) is 0. The number of hydrogen-bond acceptors (Lipinski definition) is 6. The van der Waals surface area contributed by atoms with Crippen LogP contribution < -0.4 is 0 Å². The first-order chi connectivity index (χ1) is 8.69. The summed E-state index contributed by atoms with van der Waals surface area (Å²) in [4.78, 5) is 0. The number of rotatable bonds is 6. The van der Waals surface area contributed by atoms with Crippen LogP contribution in [0.1, 0.15) is 0 Å². The standard InChI is InChI=1S/C12H24O6/c1-13-7-8(14-2)10(16-4)12(18-6)11(17-5)9(7)15-3/h7-12H,1-6H3/t7-,8-,9-,10+,11-,12-. The van der Waals surface area contributed by atoms with Gasteiger partial charge in [0.1, 0.15) is 36.6 Å². The van der Waals surface area contributed by atoms with Crippen molar-refractivity contribution in [2.45, 2.75) is 36.6 Å². The van der Waals surface area contributed by atoms with Gasteiger partial charge in [-0.1, -0.05) is 0 Å². The van der Waals surface area contributed by atoms with E-state index in [0.717, 1.165) is 0 Å². The number of hydrogen-bond donors (Lipinski definition) is 0. The molecule has 1 aliphatic carbocycles. The summed E-state index contributed by atoms with van der Waals surface area (Å²) in [5.74, 6) is 0. The highest BCUT2D eigenvalue weighted by molar-refractivity contribution is 5.02. The smallest absolute Gasteiger partial charge is 0.115 e. The van der Waals surface area contributed by atoms with Crippen molar-refractivity contribution in [1.82, 2.24) is 0 Å². The van der Waals surface area contributed by atoms with E-state index < -0.39 is 0 Å². The first kappa shape index (κ1) is 15.8. The first-order valence-electron chi connectivity index (χ1n) is 5.86. The lowest BCUT2D eigenvalue weighted by Gasteiger charge is -2.47. The average molecular weight is 264 g/mol. The van der Waals surface area contributed by atoms with Crippen LogP contribution in [0.4, 0.5) is 0 Å². The van der Waals surface area contributed by atoms with Crippen molar-refractivity contribution in [3.8, 4) is 0 Å². The third kappa shape index (κ3) is 2.68. The van der Waals surface area contributed by atoms with Gasteiger partial charge in [-0.15, -0.1) is 0 Å². The van der Waals surface area contributed by atoms with Crippen LogP contribution in [0.2, 0.25) is 0 Å². The SMILES string of the molecule is CO[C@H]1[C@H](OC)[C@@H](OC)[C@H](OC)[C@@H](OC)[C@H]1OC. The van der Waals surface area contributed by atoms with Crippen molar-refractivity contribution in [3.05, 3.63) is 0 Å². The van der Waals surface area contributed by atoms with E-state index in [1.165, 1.54) is 0 Å². The molecule has 0 aliphatic heterocycles. The molecule has 1 rings (SSSR count). The zero-order valence-corrected chi connectivity index (χ0v) is 11.9. The molecular formula is C12H24O6. The first-order valence-corrected chi connectivity index (χ1v) is 5.86. The third-order valence-corrected chi connectivity index (χ3v) is 3.58. The van der Waals surface area contributed by atoms with Gasteiger partial charge in [-0.25, -0.2) is 0 Å². The van der Waals surface area contributed by atoms with Crippen molar-refractivity contribution in [2.75, 3.05) is 42.7 Å². The summed E-state index contributed by atoms with van der Waals surface area (Å²) >= 11 is 0. The highest BCUT2D eigenvalue weighted by Gasteiger charge is 2.53. The maximum absolute atomic E-state index is 5.49. The average Bonchev–Trinajstić information content (AvgIpc) is 2.43. The Labute approximate surface area is 108 Å². The molecule has 0 aromatic rings. The molecule has 0 N–H and O–H groups in total. The molecule has 108 valence electrons. The normalized spacial score (nSPS) is 41.0. The van der Waals surface area contributed by atoms with E-state index in [1.807, 2.05) is 0 Å². The van der Waals surface area contributed by atoms with Gasteiger partial charge in [-0.2, -0.15) is 0 Å². The molecule has 1 saturated carbocycles. The Bertz CT molecular complexity index is 163. The molecule has 1 aliphatic rings. The van der Waals surface area contributed by atoms with E-state index in [9.17, 15) is 0 Å². The van der Waals surface area contributed by atoms with Crippen molar-refractivity contribution >= 4 is 0 Å². The highest BCUT2D eigenvalue weighted by atomic mass is 16.6. The Morgan fingerprint density at radius 3 is 0.500 bits per heavy atom. The van der Waals surface area contributed by atoms with Crippen molar-refractivity contribution < 1.29 is 28.4 Å². The predicted molar refractivity (Wildman–Crippen MR) is 64.8 cm³/mol. The van der Waals surface area contributed by atoms with Crippen molar-refractivity contribution in [2.24, 2.45) is 0 Å². The Morgan fingerprint density at radius 1 is 0.333 bits per heavy atom. The van der Waals surface area contributed by atoms with E-state index >= 15 is 0 Å². The molecule has 0 atom stereocenters. The molecular weight excluding hydrogens is 240 g/mol. The monoisotopic (exact) mass is 264 g/mol. The Morgan fingerprint density at radius 2 is 0.444 bits per heavy atom. The van der Waals surface area contributed by atoms with E-state index in [0.29, 0.717) is 0 Å². The van der Waals surface area contributed by atoms with Gasteiger partial charge >= 0.3 is 0 Å². The molecule has 0 spiro atoms. The van der Waals surface area contributed by atoms with Crippen LogP contribution in [0, 0.1) is 0 Å². The fourth-order valence-electron chi connectivity index (χ4n) is 2.73. The molecule has 0 aromatic heterocycles. The van der Waals surface area contributed by atoms with E-state index in [-0.39, 0.29) is 36.6 Å². The lowest BCUT2D eigenvalue weighted by molar-refractivity contribution is -0.257. The molecule has 0 heterocycles. The van der Waals surface area contributed by atoms with Crippen LogP contribution in [0.5, 0.6) is 0 Å². The minimum absolute atomic E-state index is 0.277. The second kappa shape index (κ2) is 7.37. The topological polar surface area (TPSA) is 55.4 Å². The summed E-state index contributed by atoms with van der Waals surface area (Å²) in [6.07, 6.45) is -1.66. The fourth-order valence-corrected chi connectivity index (χ4v) is 2.73. The third-order valence-electron chi connectivity index (χ3n) is 3.58. The van der Waals surface area contributed by atoms with Crippen LogP contribution in [-0.4, -0.2) is 79.3 Å². The Hall–Kier alpha value is -0.240. The van der Waals surface area contributed by atoms with Gasteiger partial charge in [-0.05, 0) is 0 Å². The number of ether oxygens (including phenoxy) is 6. The van der Waals surface area contributed by atoms with Gasteiger partial charge in [0.2, 0.25) is 0 Å². The van der Waals surface area contributed by atoms with Crippen LogP contribution in [-0.2, 0) is 28.4 Å². The van der Waals surface area contributed by atoms with Gasteiger partial charge in [-0.3, -0.25) is 0 Å². The van der Waals surface area contributed by atoms with E-state index in [1.54, 1.807) is 42.7 Å². The lowest BCUT2D eigenvalue weighted by atomic mass is 9.84. The van der Waals surface area contributed by atoms with Gasteiger partial charge in [0.05, 0.1) is 0 Å². The van der Waals surface area contributed by atoms with Crippen LogP contribution in [0.15, 0.2) is 0 Å². The van der Waals surface area contributed by atoms with Gasteiger partial charge < -0.3 is 28.4 Å². The van der Waals surface area contributed by atoms with Gasteiger partial charge in [0, 0.05) is 42.7 Å². The number of methoxy groups -OCH3 is 6. The molecule has 0 saturated heterocycles. The van der Waals surface area contributed by atoms with Crippen molar-refractivity contribution in [3.63, 3.8) is 0 Å². The minimum atomic E-state index is -0.277. The van der Waals surface area contributed by atoms with E-state index in [4.69, 9.17) is 28.4 Å². The quantitative estimate of drug-likeness (QED) is 0.678.